The van der Waals surface area contributed by atoms with E-state index in [1.165, 1.54) is 0 Å². The van der Waals surface area contributed by atoms with Crippen molar-refractivity contribution in [2.24, 2.45) is 5.92 Å². The fourth-order valence-corrected chi connectivity index (χ4v) is 2.44. The number of amides is 1. The van der Waals surface area contributed by atoms with Gasteiger partial charge in [0.25, 0.3) is 5.91 Å². The minimum atomic E-state index is -0.129. The van der Waals surface area contributed by atoms with Crippen LogP contribution < -0.4 is 5.32 Å². The summed E-state index contributed by atoms with van der Waals surface area (Å²) in [6.07, 6.45) is 4.28. The fraction of sp³-hybridized carbons (Fsp3) is 0.429. The topological polar surface area (TPSA) is 46.4 Å². The predicted molar refractivity (Wildman–Crippen MR) is 76.6 cm³/mol. The number of nitrogens with zero attached hydrogens (tertiary/aromatic N) is 2. The summed E-state index contributed by atoms with van der Waals surface area (Å²) in [5.41, 5.74) is 1.38. The summed E-state index contributed by atoms with van der Waals surface area (Å²) in [5.74, 6) is 0.395. The molecule has 5 heteroatoms. The number of aromatic nitrogens is 2. The number of nitrogens with one attached hydrogen (secondary N) is 1. The Hall–Kier alpha value is -1.55. The summed E-state index contributed by atoms with van der Waals surface area (Å²) in [6, 6.07) is 5.63. The largest absolute Gasteiger partial charge is 0.350 e. The molecular weight excluding hydrogens is 262 g/mol. The van der Waals surface area contributed by atoms with Crippen LogP contribution in [0.5, 0.6) is 0 Å². The molecule has 0 radical (unpaired) electrons. The lowest BCUT2D eigenvalue weighted by molar-refractivity contribution is 0.0954. The molecule has 4 nitrogen and oxygen atoms in total. The summed E-state index contributed by atoms with van der Waals surface area (Å²) in [4.78, 5) is 12.1. The Labute approximate surface area is 117 Å². The number of carbonyl (C=O) groups is 1. The second kappa shape index (κ2) is 6.06. The normalized spacial score (nSPS) is 12.8. The highest BCUT2D eigenvalue weighted by molar-refractivity contribution is 6.21. The van der Waals surface area contributed by atoms with Gasteiger partial charge in [-0.3, -0.25) is 4.79 Å². The van der Waals surface area contributed by atoms with E-state index in [0.717, 1.165) is 11.9 Å². The van der Waals surface area contributed by atoms with E-state index in [1.54, 1.807) is 10.7 Å². The number of halogens is 1. The molecule has 0 spiro atoms. The molecule has 2 heterocycles. The summed E-state index contributed by atoms with van der Waals surface area (Å²) in [7, 11) is 0. The minimum absolute atomic E-state index is 0.0363. The zero-order valence-electron chi connectivity index (χ0n) is 11.1. The number of pyridine rings is 1. The highest BCUT2D eigenvalue weighted by atomic mass is 35.5. The van der Waals surface area contributed by atoms with E-state index in [4.69, 9.17) is 11.6 Å². The number of rotatable bonds is 5. The highest BCUT2D eigenvalue weighted by Crippen LogP contribution is 2.12. The molecule has 0 saturated heterocycles. The molecule has 1 atom stereocenters. The first-order chi connectivity index (χ1) is 9.08. The first-order valence-corrected chi connectivity index (χ1v) is 6.86. The van der Waals surface area contributed by atoms with Crippen molar-refractivity contribution in [2.45, 2.75) is 25.6 Å². The van der Waals surface area contributed by atoms with Gasteiger partial charge in [-0.05, 0) is 24.5 Å². The van der Waals surface area contributed by atoms with E-state index in [0.29, 0.717) is 18.0 Å². The lowest BCUT2D eigenvalue weighted by atomic mass is 10.1. The van der Waals surface area contributed by atoms with E-state index in [1.807, 2.05) is 24.4 Å². The molecule has 0 aromatic carbocycles. The predicted octanol–water partition coefficient (Wildman–Crippen LogP) is 2.72. The van der Waals surface area contributed by atoms with E-state index >= 15 is 0 Å². The van der Waals surface area contributed by atoms with E-state index in [9.17, 15) is 4.79 Å². The monoisotopic (exact) mass is 279 g/mol. The highest BCUT2D eigenvalue weighted by Gasteiger charge is 2.14. The smallest absolute Gasteiger partial charge is 0.255 e. The van der Waals surface area contributed by atoms with Gasteiger partial charge in [0.1, 0.15) is 0 Å². The van der Waals surface area contributed by atoms with Crippen molar-refractivity contribution >= 4 is 23.0 Å². The van der Waals surface area contributed by atoms with Crippen molar-refractivity contribution in [1.29, 1.82) is 0 Å². The standard InChI is InChI=1S/C14H18ClN3O/c1-10(2)7-11(15)8-16-14(19)12-9-17-18-6-4-3-5-13(12)18/h3-6,9-11H,7-8H2,1-2H3,(H,16,19). The van der Waals surface area contributed by atoms with Gasteiger partial charge in [0.2, 0.25) is 0 Å². The van der Waals surface area contributed by atoms with Crippen LogP contribution in [0.4, 0.5) is 0 Å². The Balaban J connectivity index is 2.00. The van der Waals surface area contributed by atoms with Crippen LogP contribution in [-0.4, -0.2) is 27.4 Å². The van der Waals surface area contributed by atoms with Crippen molar-refractivity contribution < 1.29 is 4.79 Å². The van der Waals surface area contributed by atoms with Gasteiger partial charge < -0.3 is 5.32 Å². The Morgan fingerprint density at radius 2 is 2.26 bits per heavy atom. The number of hydrogen-bond donors (Lipinski definition) is 1. The van der Waals surface area contributed by atoms with Gasteiger partial charge in [-0.2, -0.15) is 5.10 Å². The fourth-order valence-electron chi connectivity index (χ4n) is 2.00. The third kappa shape index (κ3) is 3.47. The molecule has 0 saturated carbocycles. The van der Waals surface area contributed by atoms with Crippen LogP contribution in [0.15, 0.2) is 30.6 Å². The molecule has 0 aliphatic heterocycles. The second-order valence-corrected chi connectivity index (χ2v) is 5.64. The number of hydrogen-bond acceptors (Lipinski definition) is 2. The SMILES string of the molecule is CC(C)CC(Cl)CNC(=O)c1cnn2ccccc12. The van der Waals surface area contributed by atoms with Gasteiger partial charge in [-0.15, -0.1) is 11.6 Å². The Bertz CT molecular complexity index is 565. The summed E-state index contributed by atoms with van der Waals surface area (Å²) < 4.78 is 1.68. The molecule has 2 aromatic heterocycles. The van der Waals surface area contributed by atoms with Crippen molar-refractivity contribution in [3.8, 4) is 0 Å². The molecule has 1 amide bonds. The molecule has 102 valence electrons. The lowest BCUT2D eigenvalue weighted by Crippen LogP contribution is -2.30. The van der Waals surface area contributed by atoms with Gasteiger partial charge in [-0.25, -0.2) is 4.52 Å². The van der Waals surface area contributed by atoms with Crippen molar-refractivity contribution in [3.05, 3.63) is 36.2 Å². The van der Waals surface area contributed by atoms with Crippen molar-refractivity contribution in [2.75, 3.05) is 6.54 Å². The molecule has 2 aromatic rings. The summed E-state index contributed by atoms with van der Waals surface area (Å²) in [6.45, 7) is 4.70. The average molecular weight is 280 g/mol. The average Bonchev–Trinajstić information content (AvgIpc) is 2.79. The maximum Gasteiger partial charge on any atom is 0.255 e. The molecule has 0 bridgehead atoms. The minimum Gasteiger partial charge on any atom is -0.350 e. The first kappa shape index (κ1) is 13.9. The molecule has 0 fully saturated rings. The number of carbonyl (C=O) groups excluding carboxylic acids is 1. The van der Waals surface area contributed by atoms with Crippen LogP contribution in [0.25, 0.3) is 5.52 Å². The van der Waals surface area contributed by atoms with Crippen LogP contribution in [0.3, 0.4) is 0 Å². The van der Waals surface area contributed by atoms with Crippen LogP contribution >= 0.6 is 11.6 Å². The van der Waals surface area contributed by atoms with Crippen LogP contribution in [0, 0.1) is 5.92 Å². The Kier molecular flexibility index (Phi) is 4.43. The van der Waals surface area contributed by atoms with Crippen LogP contribution in [0.1, 0.15) is 30.6 Å². The van der Waals surface area contributed by atoms with Crippen molar-refractivity contribution in [1.82, 2.24) is 14.9 Å². The first-order valence-electron chi connectivity index (χ1n) is 6.42. The van der Waals surface area contributed by atoms with Crippen LogP contribution in [0.2, 0.25) is 0 Å². The molecule has 1 N–H and O–H groups in total. The second-order valence-electron chi connectivity index (χ2n) is 5.03. The van der Waals surface area contributed by atoms with E-state index in [-0.39, 0.29) is 11.3 Å². The van der Waals surface area contributed by atoms with Gasteiger partial charge in [0.05, 0.1) is 22.7 Å². The lowest BCUT2D eigenvalue weighted by Gasteiger charge is -2.12. The summed E-state index contributed by atoms with van der Waals surface area (Å²) in [5, 5.41) is 6.96. The summed E-state index contributed by atoms with van der Waals surface area (Å²) >= 11 is 6.16. The molecule has 1 unspecified atom stereocenters. The van der Waals surface area contributed by atoms with Gasteiger partial charge >= 0.3 is 0 Å². The maximum atomic E-state index is 12.1. The molecular formula is C14H18ClN3O. The number of fused-ring (bicyclic) bond motifs is 1. The molecule has 0 aliphatic carbocycles. The molecule has 19 heavy (non-hydrogen) atoms. The molecule has 2 rings (SSSR count). The van der Waals surface area contributed by atoms with Crippen molar-refractivity contribution in [3.63, 3.8) is 0 Å². The Morgan fingerprint density at radius 3 is 3.00 bits per heavy atom. The van der Waals surface area contributed by atoms with E-state index in [2.05, 4.69) is 24.3 Å². The Morgan fingerprint density at radius 1 is 1.47 bits per heavy atom. The van der Waals surface area contributed by atoms with Crippen LogP contribution in [-0.2, 0) is 0 Å². The van der Waals surface area contributed by atoms with Gasteiger partial charge in [0, 0.05) is 12.7 Å². The quantitative estimate of drug-likeness (QED) is 0.856. The number of alkyl halides is 1. The third-order valence-corrected chi connectivity index (χ3v) is 3.21. The van der Waals surface area contributed by atoms with Gasteiger partial charge in [0.15, 0.2) is 0 Å². The molecule has 0 aliphatic rings. The van der Waals surface area contributed by atoms with Gasteiger partial charge in [-0.1, -0.05) is 19.9 Å². The van der Waals surface area contributed by atoms with E-state index < -0.39 is 0 Å². The zero-order valence-corrected chi connectivity index (χ0v) is 11.9. The maximum absolute atomic E-state index is 12.1. The third-order valence-electron chi connectivity index (χ3n) is 2.88. The zero-order chi connectivity index (χ0) is 13.8.